The standard InChI is InChI=1S/C31H42N4O4S/c1-8-9-10-12-22(2)17-35-18-25(20-38-21-31(5,6)7)15-26(19-35)39-28-16-27(32-30(33-28)34-40(36)37)29-23(3)13-11-14-24(29)4/h1,9-14,16,25-26H,15,17-21H2,2-7H3,(H,36,37)(H,32,33,34)/p-1/b10-9-,22-12+. The molecule has 0 saturated carbocycles. The Kier molecular flexibility index (Phi) is 11.5. The third-order valence-electron chi connectivity index (χ3n) is 6.41. The fraction of sp³-hybridized carbons (Fsp3) is 0.484. The average molecular weight is 566 g/mol. The van der Waals surface area contributed by atoms with Gasteiger partial charge in [0.05, 0.1) is 18.9 Å². The van der Waals surface area contributed by atoms with E-state index in [-0.39, 0.29) is 23.4 Å². The molecule has 1 N–H and O–H groups in total. The molecule has 1 aliphatic rings. The lowest BCUT2D eigenvalue weighted by molar-refractivity contribution is -0.00413. The van der Waals surface area contributed by atoms with E-state index < -0.39 is 11.3 Å². The van der Waals surface area contributed by atoms with Crippen molar-refractivity contribution in [1.82, 2.24) is 14.9 Å². The maximum atomic E-state index is 11.4. The monoisotopic (exact) mass is 565 g/mol. The molecule has 40 heavy (non-hydrogen) atoms. The molecule has 3 rings (SSSR count). The molecule has 1 aromatic heterocycles. The fourth-order valence-electron chi connectivity index (χ4n) is 4.91. The van der Waals surface area contributed by atoms with Crippen LogP contribution in [-0.4, -0.2) is 62.6 Å². The van der Waals surface area contributed by atoms with E-state index in [1.165, 1.54) is 5.57 Å². The van der Waals surface area contributed by atoms with Crippen LogP contribution in [0.4, 0.5) is 5.95 Å². The van der Waals surface area contributed by atoms with Gasteiger partial charge in [-0.15, -0.1) is 6.42 Å². The van der Waals surface area contributed by atoms with Gasteiger partial charge in [-0.2, -0.15) is 4.98 Å². The molecule has 1 saturated heterocycles. The first kappa shape index (κ1) is 31.5. The Morgan fingerprint density at radius 1 is 1.27 bits per heavy atom. The number of rotatable bonds is 11. The van der Waals surface area contributed by atoms with Crippen molar-refractivity contribution in [3.63, 3.8) is 0 Å². The van der Waals surface area contributed by atoms with Gasteiger partial charge in [-0.05, 0) is 55.7 Å². The predicted octanol–water partition coefficient (Wildman–Crippen LogP) is 5.23. The van der Waals surface area contributed by atoms with E-state index in [0.29, 0.717) is 31.3 Å². The summed E-state index contributed by atoms with van der Waals surface area (Å²) in [6.45, 7) is 16.2. The second-order valence-corrected chi connectivity index (χ2v) is 12.3. The molecule has 3 atom stereocenters. The minimum atomic E-state index is -2.57. The number of ether oxygens (including phenoxy) is 2. The quantitative estimate of drug-likeness (QED) is 0.226. The van der Waals surface area contributed by atoms with Crippen LogP contribution in [-0.2, 0) is 16.0 Å². The first-order valence-corrected chi connectivity index (χ1v) is 14.6. The Morgan fingerprint density at radius 2 is 2.00 bits per heavy atom. The molecule has 0 spiro atoms. The molecule has 2 aromatic rings. The summed E-state index contributed by atoms with van der Waals surface area (Å²) in [5, 5.41) is 0. The number of likely N-dealkylation sites (tertiary alicyclic amines) is 1. The summed E-state index contributed by atoms with van der Waals surface area (Å²) in [5.74, 6) is 3.07. The third-order valence-corrected chi connectivity index (χ3v) is 6.76. The van der Waals surface area contributed by atoms with Gasteiger partial charge in [0.25, 0.3) is 0 Å². The molecular formula is C31H41N4O4S-. The van der Waals surface area contributed by atoms with Crippen molar-refractivity contribution in [3.8, 4) is 29.5 Å². The first-order chi connectivity index (χ1) is 18.9. The maximum Gasteiger partial charge on any atom is 0.237 e. The van der Waals surface area contributed by atoms with E-state index in [1.54, 1.807) is 12.1 Å². The Hall–Kier alpha value is -3.03. The highest BCUT2D eigenvalue weighted by Crippen LogP contribution is 2.30. The summed E-state index contributed by atoms with van der Waals surface area (Å²) in [6, 6.07) is 7.77. The van der Waals surface area contributed by atoms with Crippen molar-refractivity contribution < 1.29 is 18.2 Å². The molecule has 0 amide bonds. The normalized spacial score (nSPS) is 19.4. The highest BCUT2D eigenvalue weighted by Gasteiger charge is 2.30. The van der Waals surface area contributed by atoms with Crippen LogP contribution in [0.15, 0.2) is 48.1 Å². The van der Waals surface area contributed by atoms with Gasteiger partial charge in [0, 0.05) is 42.5 Å². The molecule has 0 radical (unpaired) electrons. The van der Waals surface area contributed by atoms with Crippen LogP contribution in [0, 0.1) is 37.5 Å². The smallest absolute Gasteiger partial charge is 0.237 e. The number of allylic oxidation sites excluding steroid dienone is 3. The van der Waals surface area contributed by atoms with E-state index in [4.69, 9.17) is 15.9 Å². The zero-order chi connectivity index (χ0) is 29.3. The minimum Gasteiger partial charge on any atom is -0.755 e. The van der Waals surface area contributed by atoms with Gasteiger partial charge in [-0.25, -0.2) is 4.98 Å². The number of anilines is 1. The van der Waals surface area contributed by atoms with Gasteiger partial charge in [0.2, 0.25) is 11.8 Å². The highest BCUT2D eigenvalue weighted by atomic mass is 32.2. The van der Waals surface area contributed by atoms with Gasteiger partial charge in [-0.1, -0.05) is 62.6 Å². The SMILES string of the molecule is C#C/C=C\C=C(/C)CN1CC(COCC(C)(C)C)CC(Oc2cc(-c3c(C)cccc3C)nc(NS(=O)[O-])n2)C1. The number of hydrogen-bond donors (Lipinski definition) is 1. The summed E-state index contributed by atoms with van der Waals surface area (Å²) in [4.78, 5) is 11.2. The van der Waals surface area contributed by atoms with Gasteiger partial charge in [-0.3, -0.25) is 13.8 Å². The molecule has 8 nitrogen and oxygen atoms in total. The molecule has 2 heterocycles. The number of hydrogen-bond acceptors (Lipinski definition) is 7. The molecule has 1 aromatic carbocycles. The molecule has 3 unspecified atom stereocenters. The summed E-state index contributed by atoms with van der Waals surface area (Å²) < 4.78 is 37.7. The second kappa shape index (κ2) is 14.6. The van der Waals surface area contributed by atoms with Gasteiger partial charge in [0.1, 0.15) is 6.10 Å². The van der Waals surface area contributed by atoms with Crippen LogP contribution in [0.2, 0.25) is 0 Å². The van der Waals surface area contributed by atoms with E-state index in [2.05, 4.69) is 53.2 Å². The fourth-order valence-corrected chi connectivity index (χ4v) is 5.15. The Bertz CT molecular complexity index is 1260. The summed E-state index contributed by atoms with van der Waals surface area (Å²) in [6.07, 6.45) is 11.5. The highest BCUT2D eigenvalue weighted by molar-refractivity contribution is 7.80. The molecule has 1 fully saturated rings. The summed E-state index contributed by atoms with van der Waals surface area (Å²) in [5.41, 5.74) is 4.85. The average Bonchev–Trinajstić information content (AvgIpc) is 2.82. The number of benzene rings is 1. The maximum absolute atomic E-state index is 11.4. The van der Waals surface area contributed by atoms with Crippen molar-refractivity contribution in [2.24, 2.45) is 11.3 Å². The molecule has 0 aliphatic carbocycles. The van der Waals surface area contributed by atoms with E-state index >= 15 is 0 Å². The second-order valence-electron chi connectivity index (χ2n) is 11.7. The van der Waals surface area contributed by atoms with Gasteiger partial charge in [0.15, 0.2) is 0 Å². The van der Waals surface area contributed by atoms with Crippen molar-refractivity contribution in [1.29, 1.82) is 0 Å². The lowest BCUT2D eigenvalue weighted by Gasteiger charge is -2.38. The molecule has 9 heteroatoms. The van der Waals surface area contributed by atoms with Crippen LogP contribution in [0.1, 0.15) is 45.2 Å². The van der Waals surface area contributed by atoms with E-state index in [0.717, 1.165) is 36.2 Å². The van der Waals surface area contributed by atoms with Crippen LogP contribution in [0.3, 0.4) is 0 Å². The molecule has 0 bridgehead atoms. The predicted molar refractivity (Wildman–Crippen MR) is 160 cm³/mol. The van der Waals surface area contributed by atoms with Crippen molar-refractivity contribution >= 4 is 17.2 Å². The third kappa shape index (κ3) is 10.2. The minimum absolute atomic E-state index is 0.0275. The topological polar surface area (TPSA) is 99.6 Å². The summed E-state index contributed by atoms with van der Waals surface area (Å²) >= 11 is -2.57. The number of aromatic nitrogens is 2. The first-order valence-electron chi connectivity index (χ1n) is 13.5. The van der Waals surface area contributed by atoms with Crippen LogP contribution in [0.25, 0.3) is 11.3 Å². The molecular weight excluding hydrogens is 524 g/mol. The lowest BCUT2D eigenvalue weighted by Crippen LogP contribution is -2.47. The van der Waals surface area contributed by atoms with E-state index in [9.17, 15) is 8.76 Å². The van der Waals surface area contributed by atoms with Crippen molar-refractivity contribution in [2.75, 3.05) is 37.6 Å². The van der Waals surface area contributed by atoms with Crippen molar-refractivity contribution in [3.05, 3.63) is 59.2 Å². The number of aryl methyl sites for hydroxylation is 2. The lowest BCUT2D eigenvalue weighted by atomic mass is 9.95. The van der Waals surface area contributed by atoms with Crippen molar-refractivity contribution in [2.45, 2.75) is 54.1 Å². The number of nitrogens with one attached hydrogen (secondary N) is 1. The molecule has 1 aliphatic heterocycles. The van der Waals surface area contributed by atoms with Gasteiger partial charge >= 0.3 is 0 Å². The summed E-state index contributed by atoms with van der Waals surface area (Å²) in [7, 11) is 0. The number of piperidine rings is 1. The zero-order valence-corrected chi connectivity index (χ0v) is 25.2. The largest absolute Gasteiger partial charge is 0.755 e. The Morgan fingerprint density at radius 3 is 2.65 bits per heavy atom. The van der Waals surface area contributed by atoms with Gasteiger partial charge < -0.3 is 14.0 Å². The van der Waals surface area contributed by atoms with Crippen LogP contribution in [0.5, 0.6) is 5.88 Å². The number of nitrogens with zero attached hydrogens (tertiary/aromatic N) is 3. The van der Waals surface area contributed by atoms with Crippen LogP contribution >= 0.6 is 0 Å². The Labute approximate surface area is 241 Å². The zero-order valence-electron chi connectivity index (χ0n) is 24.4. The van der Waals surface area contributed by atoms with Crippen LogP contribution < -0.4 is 9.46 Å². The molecule has 216 valence electrons. The van der Waals surface area contributed by atoms with E-state index in [1.807, 2.05) is 44.2 Å². The number of terminal acetylenes is 1. The Balaban J connectivity index is 1.87.